The van der Waals surface area contributed by atoms with Gasteiger partial charge in [0.1, 0.15) is 23.4 Å². The lowest BCUT2D eigenvalue weighted by Gasteiger charge is -2.42. The fourth-order valence-corrected chi connectivity index (χ4v) is 6.14. The first-order chi connectivity index (χ1) is 16.3. The van der Waals surface area contributed by atoms with E-state index in [1.54, 1.807) is 0 Å². The fourth-order valence-electron chi connectivity index (χ4n) is 6.14. The summed E-state index contributed by atoms with van der Waals surface area (Å²) in [5.74, 6) is 9.06. The first-order valence-electron chi connectivity index (χ1n) is 12.8. The minimum Gasteiger partial charge on any atom is -0.490 e. The number of piperidine rings is 1. The molecule has 1 saturated heterocycles. The van der Waals surface area contributed by atoms with Crippen LogP contribution in [0.3, 0.4) is 0 Å². The van der Waals surface area contributed by atoms with E-state index in [0.29, 0.717) is 29.3 Å². The van der Waals surface area contributed by atoms with Crippen LogP contribution in [0.2, 0.25) is 0 Å². The first-order valence-corrected chi connectivity index (χ1v) is 12.8. The molecule has 1 aliphatic carbocycles. The zero-order valence-electron chi connectivity index (χ0n) is 21.1. The molecule has 5 atom stereocenters. The van der Waals surface area contributed by atoms with Crippen LogP contribution in [-0.4, -0.2) is 30.5 Å². The number of rotatable bonds is 6. The molecule has 34 heavy (non-hydrogen) atoms. The van der Waals surface area contributed by atoms with Crippen molar-refractivity contribution >= 4 is 11.8 Å². The number of nitrogens with two attached hydrogens (primary N) is 2. The Hall–Kier alpha value is -2.32. The van der Waals surface area contributed by atoms with Crippen molar-refractivity contribution in [1.29, 1.82) is 0 Å². The lowest BCUT2D eigenvalue weighted by molar-refractivity contribution is -0.138. The molecule has 1 saturated carbocycles. The Morgan fingerprint density at radius 1 is 1.15 bits per heavy atom. The van der Waals surface area contributed by atoms with Gasteiger partial charge in [-0.15, -0.1) is 0 Å². The van der Waals surface area contributed by atoms with Crippen LogP contribution in [0.25, 0.3) is 0 Å². The molecule has 8 heteroatoms. The van der Waals surface area contributed by atoms with Crippen molar-refractivity contribution in [1.82, 2.24) is 10.9 Å². The zero-order chi connectivity index (χ0) is 24.4. The van der Waals surface area contributed by atoms with Gasteiger partial charge in [-0.2, -0.15) is 5.10 Å². The number of fused-ring (bicyclic) bond motifs is 2. The summed E-state index contributed by atoms with van der Waals surface area (Å²) in [5.41, 5.74) is 12.4. The third kappa shape index (κ3) is 5.18. The molecule has 5 unspecified atom stereocenters. The van der Waals surface area contributed by atoms with Gasteiger partial charge in [0, 0.05) is 12.0 Å². The number of esters is 1. The van der Waals surface area contributed by atoms with Crippen LogP contribution in [0, 0.1) is 38.5 Å². The Morgan fingerprint density at radius 2 is 1.94 bits per heavy atom. The average molecular weight is 472 g/mol. The smallest absolute Gasteiger partial charge is 0.328 e. The average Bonchev–Trinajstić information content (AvgIpc) is 2.83. The number of hydrazone groups is 1. The number of carbonyl (C=O) groups excluding carboxylic acids is 1. The predicted molar refractivity (Wildman–Crippen MR) is 134 cm³/mol. The molecule has 4 rings (SSSR count). The molecule has 0 amide bonds. The number of nitrogens with zero attached hydrogens (tertiary/aromatic N) is 1. The van der Waals surface area contributed by atoms with Gasteiger partial charge in [-0.3, -0.25) is 0 Å². The largest absolute Gasteiger partial charge is 0.490 e. The van der Waals surface area contributed by atoms with Gasteiger partial charge < -0.3 is 20.5 Å². The van der Waals surface area contributed by atoms with Gasteiger partial charge in [0.2, 0.25) is 0 Å². The molecule has 8 nitrogen and oxygen atoms in total. The van der Waals surface area contributed by atoms with E-state index in [1.807, 2.05) is 6.92 Å². The predicted octanol–water partition coefficient (Wildman–Crippen LogP) is 3.14. The third-order valence-corrected chi connectivity index (χ3v) is 8.35. The van der Waals surface area contributed by atoms with Crippen LogP contribution in [0.1, 0.15) is 74.1 Å². The molecular formula is C26H41N5O3. The highest BCUT2D eigenvalue weighted by Crippen LogP contribution is 2.43. The molecule has 2 aliphatic heterocycles. The molecule has 2 fully saturated rings. The molecule has 0 spiro atoms. The van der Waals surface area contributed by atoms with Crippen LogP contribution in [0.15, 0.2) is 5.10 Å². The number of hydrazine groups is 1. The van der Waals surface area contributed by atoms with E-state index < -0.39 is 0 Å². The molecule has 0 radical (unpaired) electrons. The van der Waals surface area contributed by atoms with Crippen molar-refractivity contribution in [3.8, 4) is 11.5 Å². The first kappa shape index (κ1) is 24.8. The van der Waals surface area contributed by atoms with Gasteiger partial charge in [0.15, 0.2) is 0 Å². The molecule has 0 bridgehead atoms. The van der Waals surface area contributed by atoms with E-state index in [4.69, 9.17) is 21.1 Å². The number of amidine groups is 1. The number of carbonyl (C=O) groups is 1. The minimum atomic E-state index is -0.264. The Morgan fingerprint density at radius 3 is 2.71 bits per heavy atom. The monoisotopic (exact) mass is 471 g/mol. The summed E-state index contributed by atoms with van der Waals surface area (Å²) >= 11 is 0. The van der Waals surface area contributed by atoms with Crippen molar-refractivity contribution in [2.24, 2.45) is 34.4 Å². The van der Waals surface area contributed by atoms with Gasteiger partial charge in [-0.25, -0.2) is 16.2 Å². The fraction of sp³-hybridized carbons (Fsp3) is 0.692. The Bertz CT molecular complexity index is 947. The SMILES string of the molecule is Cc1c(C)c2c(c(C)c1OC(=O)C1CC3CC(CC/C(N)=N/NN)CCC3CN1)CCC(C)O2. The van der Waals surface area contributed by atoms with Gasteiger partial charge in [0.05, 0.1) is 6.10 Å². The van der Waals surface area contributed by atoms with Crippen LogP contribution >= 0.6 is 0 Å². The van der Waals surface area contributed by atoms with Gasteiger partial charge >= 0.3 is 5.97 Å². The normalized spacial score (nSPS) is 29.0. The molecule has 3 aliphatic rings. The van der Waals surface area contributed by atoms with Crippen LogP contribution < -0.4 is 31.9 Å². The standard InChI is InChI=1S/C26H41N5O3/c1-14-5-9-21-17(4)24(15(2)16(3)25(21)33-14)34-26(32)22-12-20-11-18(6-8-19(20)13-29-22)7-10-23(27)30-31-28/h14,18-20,22,29,31H,5-13,28H2,1-4H3,(H2,27,30). The topological polar surface area (TPSA) is 124 Å². The lowest BCUT2D eigenvalue weighted by atomic mass is 9.69. The highest BCUT2D eigenvalue weighted by molar-refractivity contribution is 5.80. The second-order valence-electron chi connectivity index (χ2n) is 10.6. The molecule has 188 valence electrons. The van der Waals surface area contributed by atoms with Crippen LogP contribution in [-0.2, 0) is 11.2 Å². The summed E-state index contributed by atoms with van der Waals surface area (Å²) in [7, 11) is 0. The Labute approximate surface area is 203 Å². The highest BCUT2D eigenvalue weighted by atomic mass is 16.5. The highest BCUT2D eigenvalue weighted by Gasteiger charge is 2.38. The van der Waals surface area contributed by atoms with E-state index in [9.17, 15) is 4.79 Å². The molecule has 2 heterocycles. The van der Waals surface area contributed by atoms with Crippen LogP contribution in [0.4, 0.5) is 0 Å². The van der Waals surface area contributed by atoms with Gasteiger partial charge in [-0.05, 0) is 107 Å². The Balaban J connectivity index is 1.41. The van der Waals surface area contributed by atoms with Crippen molar-refractivity contribution < 1.29 is 14.3 Å². The van der Waals surface area contributed by atoms with E-state index in [1.165, 1.54) is 18.4 Å². The van der Waals surface area contributed by atoms with Crippen LogP contribution in [0.5, 0.6) is 11.5 Å². The quantitative estimate of drug-likeness (QED) is 0.125. The number of hydrogen-bond donors (Lipinski definition) is 4. The summed E-state index contributed by atoms with van der Waals surface area (Å²) in [6.45, 7) is 9.14. The van der Waals surface area contributed by atoms with E-state index in [2.05, 4.69) is 36.7 Å². The van der Waals surface area contributed by atoms with Crippen molar-refractivity contribution in [2.45, 2.75) is 91.2 Å². The summed E-state index contributed by atoms with van der Waals surface area (Å²) < 4.78 is 12.2. The minimum absolute atomic E-state index is 0.165. The van der Waals surface area contributed by atoms with E-state index in [0.717, 1.165) is 67.5 Å². The van der Waals surface area contributed by atoms with Gasteiger partial charge in [0.25, 0.3) is 0 Å². The van der Waals surface area contributed by atoms with Gasteiger partial charge in [-0.1, -0.05) is 6.42 Å². The number of nitrogens with one attached hydrogen (secondary N) is 2. The van der Waals surface area contributed by atoms with E-state index >= 15 is 0 Å². The summed E-state index contributed by atoms with van der Waals surface area (Å²) in [5, 5.41) is 7.34. The summed E-state index contributed by atoms with van der Waals surface area (Å²) in [6.07, 6.45) is 8.27. The lowest BCUT2D eigenvalue weighted by Crippen LogP contribution is -2.51. The van der Waals surface area contributed by atoms with Crippen molar-refractivity contribution in [2.75, 3.05) is 6.54 Å². The van der Waals surface area contributed by atoms with Crippen molar-refractivity contribution in [3.05, 3.63) is 22.3 Å². The molecule has 6 N–H and O–H groups in total. The molecule has 0 aromatic heterocycles. The molecule has 1 aromatic rings. The summed E-state index contributed by atoms with van der Waals surface area (Å²) in [4.78, 5) is 13.3. The number of benzene rings is 1. The number of hydrogen-bond acceptors (Lipinski definition) is 7. The van der Waals surface area contributed by atoms with E-state index in [-0.39, 0.29) is 18.1 Å². The summed E-state index contributed by atoms with van der Waals surface area (Å²) in [6, 6.07) is -0.264. The zero-order valence-corrected chi connectivity index (χ0v) is 21.1. The second kappa shape index (κ2) is 10.5. The third-order valence-electron chi connectivity index (χ3n) is 8.35. The second-order valence-corrected chi connectivity index (χ2v) is 10.6. The number of ether oxygens (including phenoxy) is 2. The Kier molecular flexibility index (Phi) is 7.67. The maximum absolute atomic E-state index is 13.3. The van der Waals surface area contributed by atoms with Crippen molar-refractivity contribution in [3.63, 3.8) is 0 Å². The molecule has 1 aromatic carbocycles. The maximum Gasteiger partial charge on any atom is 0.328 e. The molecular weight excluding hydrogens is 430 g/mol. The maximum atomic E-state index is 13.3.